The van der Waals surface area contributed by atoms with Crippen LogP contribution >= 0.6 is 0 Å². The number of hydrogen-bond donors (Lipinski definition) is 0. The van der Waals surface area contributed by atoms with Gasteiger partial charge in [-0.2, -0.15) is 18.2 Å². The molecule has 1 atom stereocenters. The molecule has 2 aromatic rings. The van der Waals surface area contributed by atoms with E-state index in [0.717, 1.165) is 4.90 Å². The van der Waals surface area contributed by atoms with Crippen molar-refractivity contribution in [3.63, 3.8) is 0 Å². The molecule has 1 saturated heterocycles. The summed E-state index contributed by atoms with van der Waals surface area (Å²) >= 11 is 0. The van der Waals surface area contributed by atoms with Crippen LogP contribution in [-0.2, 0) is 17.8 Å². The standard InChI is InChI=1S/C19H20F4N4O2/c20-14-3-1-2-13(10-14)12-27-15(19(21,22)23)4-5-26-17(28)11-16(24-18(26)27)25-6-8-29-9-7-25/h1-3,10-11,15H,4-9,12H2. The first-order chi connectivity index (χ1) is 13.8. The van der Waals surface area contributed by atoms with E-state index in [0.29, 0.717) is 37.7 Å². The van der Waals surface area contributed by atoms with Crippen LogP contribution in [0.2, 0.25) is 0 Å². The van der Waals surface area contributed by atoms with E-state index in [2.05, 4.69) is 4.98 Å². The molecule has 0 amide bonds. The highest BCUT2D eigenvalue weighted by atomic mass is 19.4. The van der Waals surface area contributed by atoms with Crippen molar-refractivity contribution in [3.05, 3.63) is 52.1 Å². The number of anilines is 2. The van der Waals surface area contributed by atoms with Crippen molar-refractivity contribution >= 4 is 11.8 Å². The fraction of sp³-hybridized carbons (Fsp3) is 0.474. The van der Waals surface area contributed by atoms with Crippen molar-refractivity contribution in [2.45, 2.75) is 31.7 Å². The van der Waals surface area contributed by atoms with Gasteiger partial charge in [0.05, 0.1) is 13.2 Å². The van der Waals surface area contributed by atoms with Crippen LogP contribution in [0, 0.1) is 5.82 Å². The summed E-state index contributed by atoms with van der Waals surface area (Å²) in [5.74, 6) is -0.246. The van der Waals surface area contributed by atoms with Gasteiger partial charge in [0.25, 0.3) is 5.56 Å². The number of alkyl halides is 3. The molecule has 156 valence electrons. The number of rotatable bonds is 3. The van der Waals surface area contributed by atoms with Gasteiger partial charge in [0.1, 0.15) is 17.7 Å². The molecule has 0 spiro atoms. The summed E-state index contributed by atoms with van der Waals surface area (Å²) in [4.78, 5) is 19.9. The molecule has 29 heavy (non-hydrogen) atoms. The molecule has 0 N–H and O–H groups in total. The Labute approximate surface area is 164 Å². The minimum Gasteiger partial charge on any atom is -0.378 e. The summed E-state index contributed by atoms with van der Waals surface area (Å²) in [5, 5.41) is 0. The van der Waals surface area contributed by atoms with Crippen molar-refractivity contribution in [2.75, 3.05) is 36.1 Å². The Morgan fingerprint density at radius 1 is 1.14 bits per heavy atom. The van der Waals surface area contributed by atoms with Crippen LogP contribution in [0.15, 0.2) is 35.1 Å². The monoisotopic (exact) mass is 412 g/mol. The van der Waals surface area contributed by atoms with E-state index in [-0.39, 0.29) is 25.5 Å². The fourth-order valence-corrected chi connectivity index (χ4v) is 3.77. The Morgan fingerprint density at radius 2 is 1.90 bits per heavy atom. The van der Waals surface area contributed by atoms with Gasteiger partial charge in [-0.15, -0.1) is 0 Å². The molecule has 1 unspecified atom stereocenters. The van der Waals surface area contributed by atoms with Gasteiger partial charge >= 0.3 is 6.18 Å². The molecule has 6 nitrogen and oxygen atoms in total. The average molecular weight is 412 g/mol. The number of hydrogen-bond acceptors (Lipinski definition) is 5. The lowest BCUT2D eigenvalue weighted by Gasteiger charge is -2.39. The molecular formula is C19H20F4N4O2. The zero-order valence-corrected chi connectivity index (χ0v) is 15.5. The lowest BCUT2D eigenvalue weighted by molar-refractivity contribution is -0.153. The maximum Gasteiger partial charge on any atom is 0.408 e. The average Bonchev–Trinajstić information content (AvgIpc) is 2.68. The summed E-state index contributed by atoms with van der Waals surface area (Å²) in [7, 11) is 0. The summed E-state index contributed by atoms with van der Waals surface area (Å²) in [5.41, 5.74) is -0.0277. The van der Waals surface area contributed by atoms with Gasteiger partial charge in [-0.1, -0.05) is 12.1 Å². The van der Waals surface area contributed by atoms with E-state index in [4.69, 9.17) is 4.74 Å². The van der Waals surface area contributed by atoms with Crippen molar-refractivity contribution in [3.8, 4) is 0 Å². The van der Waals surface area contributed by atoms with Crippen LogP contribution < -0.4 is 15.4 Å². The molecule has 1 aromatic carbocycles. The Hall–Kier alpha value is -2.62. The van der Waals surface area contributed by atoms with Crippen LogP contribution in [0.4, 0.5) is 29.3 Å². The fourth-order valence-electron chi connectivity index (χ4n) is 3.77. The van der Waals surface area contributed by atoms with Crippen molar-refractivity contribution < 1.29 is 22.3 Å². The Morgan fingerprint density at radius 3 is 2.59 bits per heavy atom. The van der Waals surface area contributed by atoms with Gasteiger partial charge in [0.2, 0.25) is 5.95 Å². The maximum absolute atomic E-state index is 13.8. The maximum atomic E-state index is 13.8. The smallest absolute Gasteiger partial charge is 0.378 e. The summed E-state index contributed by atoms with van der Waals surface area (Å²) in [6.07, 6.45) is -4.78. The lowest BCUT2D eigenvalue weighted by atomic mass is 10.1. The number of benzene rings is 1. The number of halogens is 4. The third kappa shape index (κ3) is 4.07. The van der Waals surface area contributed by atoms with Gasteiger partial charge in [0.15, 0.2) is 0 Å². The molecule has 0 saturated carbocycles. The summed E-state index contributed by atoms with van der Waals surface area (Å²) < 4.78 is 61.4. The van der Waals surface area contributed by atoms with E-state index >= 15 is 0 Å². The normalized spacial score (nSPS) is 19.9. The Bertz CT molecular complexity index is 941. The lowest BCUT2D eigenvalue weighted by Crippen LogP contribution is -2.52. The Balaban J connectivity index is 1.77. The minimum absolute atomic E-state index is 0.0446. The van der Waals surface area contributed by atoms with Crippen LogP contribution in [0.1, 0.15) is 12.0 Å². The largest absolute Gasteiger partial charge is 0.408 e. The van der Waals surface area contributed by atoms with Crippen molar-refractivity contribution in [1.82, 2.24) is 9.55 Å². The molecule has 2 aliphatic rings. The molecule has 0 bridgehead atoms. The highest BCUT2D eigenvalue weighted by Crippen LogP contribution is 2.35. The third-order valence-corrected chi connectivity index (χ3v) is 5.19. The highest BCUT2D eigenvalue weighted by molar-refractivity contribution is 5.47. The molecule has 0 radical (unpaired) electrons. The third-order valence-electron chi connectivity index (χ3n) is 5.19. The summed E-state index contributed by atoms with van der Waals surface area (Å²) in [6.45, 7) is 1.64. The molecule has 0 aliphatic carbocycles. The first-order valence-electron chi connectivity index (χ1n) is 9.35. The number of aromatic nitrogens is 2. The molecule has 3 heterocycles. The second-order valence-corrected chi connectivity index (χ2v) is 7.11. The van der Waals surface area contributed by atoms with E-state index < -0.39 is 23.6 Å². The van der Waals surface area contributed by atoms with E-state index in [1.807, 2.05) is 4.90 Å². The molecule has 4 rings (SSSR count). The van der Waals surface area contributed by atoms with E-state index in [9.17, 15) is 22.4 Å². The number of fused-ring (bicyclic) bond motifs is 1. The van der Waals surface area contributed by atoms with Gasteiger partial charge < -0.3 is 14.5 Å². The molecule has 1 fully saturated rings. The number of ether oxygens (including phenoxy) is 1. The van der Waals surface area contributed by atoms with Gasteiger partial charge in [-0.05, 0) is 24.1 Å². The van der Waals surface area contributed by atoms with Gasteiger partial charge in [-0.3, -0.25) is 9.36 Å². The molecule has 10 heteroatoms. The van der Waals surface area contributed by atoms with Gasteiger partial charge in [0, 0.05) is 32.2 Å². The minimum atomic E-state index is -4.51. The molecular weight excluding hydrogens is 392 g/mol. The van der Waals surface area contributed by atoms with Crippen LogP contribution in [0.25, 0.3) is 0 Å². The van der Waals surface area contributed by atoms with Crippen LogP contribution in [0.5, 0.6) is 0 Å². The Kier molecular flexibility index (Phi) is 5.20. The molecule has 1 aromatic heterocycles. The van der Waals surface area contributed by atoms with Crippen molar-refractivity contribution in [2.24, 2.45) is 0 Å². The zero-order valence-electron chi connectivity index (χ0n) is 15.5. The SMILES string of the molecule is O=c1cc(N2CCOCC2)nc2n1CCC(C(F)(F)F)N2Cc1cccc(F)c1. The van der Waals surface area contributed by atoms with E-state index in [1.165, 1.54) is 28.8 Å². The first kappa shape index (κ1) is 19.7. The second kappa shape index (κ2) is 7.66. The summed E-state index contributed by atoms with van der Waals surface area (Å²) in [6, 6.07) is 4.96. The van der Waals surface area contributed by atoms with Crippen LogP contribution in [0.3, 0.4) is 0 Å². The predicted octanol–water partition coefficient (Wildman–Crippen LogP) is 2.56. The first-order valence-corrected chi connectivity index (χ1v) is 9.35. The van der Waals surface area contributed by atoms with Crippen molar-refractivity contribution in [1.29, 1.82) is 0 Å². The number of nitrogens with zero attached hydrogens (tertiary/aromatic N) is 4. The zero-order chi connectivity index (χ0) is 20.6. The molecule has 2 aliphatic heterocycles. The highest BCUT2D eigenvalue weighted by Gasteiger charge is 2.47. The predicted molar refractivity (Wildman–Crippen MR) is 98.6 cm³/mol. The second-order valence-electron chi connectivity index (χ2n) is 7.11. The number of morpholine rings is 1. The van der Waals surface area contributed by atoms with E-state index in [1.54, 1.807) is 6.07 Å². The van der Waals surface area contributed by atoms with Crippen LogP contribution in [-0.4, -0.2) is 48.1 Å². The van der Waals surface area contributed by atoms with Gasteiger partial charge in [-0.25, -0.2) is 4.39 Å². The quantitative estimate of drug-likeness (QED) is 0.726. The topological polar surface area (TPSA) is 50.6 Å².